The summed E-state index contributed by atoms with van der Waals surface area (Å²) in [4.78, 5) is 56.4. The summed E-state index contributed by atoms with van der Waals surface area (Å²) in [5, 5.41) is 8.46. The van der Waals surface area contributed by atoms with Gasteiger partial charge in [-0.25, -0.2) is 10.4 Å². The summed E-state index contributed by atoms with van der Waals surface area (Å²) in [6.07, 6.45) is 3.80. The molecule has 2 aliphatic carbocycles. The molecule has 0 radical (unpaired) electrons. The van der Waals surface area contributed by atoms with Crippen molar-refractivity contribution in [3.05, 3.63) is 52.1 Å². The standard InChI is InChI=1S/C43H54N8O5S/c1-7-50-33-11-10-25-18-28(33)35-36(39(55-6)37-29(38(35)50)19-26(21-44-37)49-15-13-48(5)14-16-49)43(3,4)23-56-42(54)30-9-8-12-51(47-30)41(53)31(20-34-45-32(25)22-57-34)46-40(52)27-17-24(27)2/h10-11,18-19,21-22,24,27,30-31,36,39,47H,7-9,12-17,20,23H2,1-6H3,(H,46,52)/t24-,27-,30-,31?,36?,39-/m0/s1. The van der Waals surface area contributed by atoms with E-state index >= 15 is 0 Å². The number of esters is 1. The van der Waals surface area contributed by atoms with Crippen molar-refractivity contribution < 1.29 is 23.9 Å². The van der Waals surface area contributed by atoms with Crippen molar-refractivity contribution in [3.8, 4) is 22.5 Å². The van der Waals surface area contributed by atoms with Crippen molar-refractivity contribution in [2.24, 2.45) is 17.3 Å². The number of rotatable bonds is 5. The van der Waals surface area contributed by atoms with E-state index in [0.717, 1.165) is 94.5 Å². The van der Waals surface area contributed by atoms with Gasteiger partial charge in [0.15, 0.2) is 0 Å². The first kappa shape index (κ1) is 38.2. The molecule has 2 unspecified atom stereocenters. The van der Waals surface area contributed by atoms with Gasteiger partial charge in [0, 0.05) is 97.5 Å². The highest BCUT2D eigenvalue weighted by molar-refractivity contribution is 7.10. The van der Waals surface area contributed by atoms with Gasteiger partial charge in [0.25, 0.3) is 5.91 Å². The second kappa shape index (κ2) is 14.8. The Morgan fingerprint density at radius 3 is 2.67 bits per heavy atom. The number of hydrogen-bond donors (Lipinski definition) is 2. The molecule has 5 aliphatic rings. The van der Waals surface area contributed by atoms with Crippen molar-refractivity contribution in [3.63, 3.8) is 0 Å². The van der Waals surface area contributed by atoms with Crippen LogP contribution in [-0.4, -0.2) is 108 Å². The molecule has 2 saturated heterocycles. The highest BCUT2D eigenvalue weighted by atomic mass is 32.1. The topological polar surface area (TPSA) is 134 Å². The van der Waals surface area contributed by atoms with Crippen molar-refractivity contribution >= 4 is 45.7 Å². The Morgan fingerprint density at radius 1 is 1.14 bits per heavy atom. The molecule has 13 nitrogen and oxygen atoms in total. The van der Waals surface area contributed by atoms with E-state index in [9.17, 15) is 14.4 Å². The maximum atomic E-state index is 14.2. The Labute approximate surface area is 338 Å². The number of aromatic nitrogens is 3. The molecule has 0 spiro atoms. The summed E-state index contributed by atoms with van der Waals surface area (Å²) in [6, 6.07) is 7.34. The Kier molecular flexibility index (Phi) is 9.90. The van der Waals surface area contributed by atoms with Crippen LogP contribution in [0.15, 0.2) is 35.8 Å². The number of hydrogen-bond acceptors (Lipinski definition) is 11. The smallest absolute Gasteiger partial charge is 0.324 e. The van der Waals surface area contributed by atoms with E-state index in [1.165, 1.54) is 16.3 Å². The molecule has 4 aromatic rings. The van der Waals surface area contributed by atoms with E-state index in [1.54, 1.807) is 7.11 Å². The fourth-order valence-electron chi connectivity index (χ4n) is 9.58. The summed E-state index contributed by atoms with van der Waals surface area (Å²) < 4.78 is 15.1. The van der Waals surface area contributed by atoms with E-state index in [-0.39, 0.29) is 36.7 Å². The van der Waals surface area contributed by atoms with Crippen LogP contribution in [0.4, 0.5) is 5.69 Å². The number of pyridine rings is 1. The zero-order chi connectivity index (χ0) is 39.7. The zero-order valence-corrected chi connectivity index (χ0v) is 34.7. The zero-order valence-electron chi connectivity index (χ0n) is 33.8. The number of thiazole rings is 1. The molecule has 6 bridgehead atoms. The molecule has 3 aromatic heterocycles. The molecule has 1 saturated carbocycles. The van der Waals surface area contributed by atoms with E-state index < -0.39 is 29.6 Å². The maximum absolute atomic E-state index is 14.2. The minimum absolute atomic E-state index is 0.0890. The SMILES string of the molecule is CCn1c2c3c4cc(ccc41)-c1csc(n1)CC(NC(=O)[C@H]1C[C@@H]1C)C(=O)N1CCC[C@H](N1)C(=O)OCC(C)(C)C3[C@H](OC)c1ncc(N3CCN(C)CC3)cc1-2. The number of aryl methyl sites for hydroxylation is 1. The monoisotopic (exact) mass is 794 g/mol. The number of anilines is 1. The number of carbonyl (C=O) groups excluding carboxylic acids is 3. The molecule has 2 amide bonds. The lowest BCUT2D eigenvalue weighted by Gasteiger charge is -2.43. The minimum Gasteiger partial charge on any atom is -0.464 e. The Balaban J connectivity index is 1.19. The van der Waals surface area contributed by atoms with Crippen molar-refractivity contribution in [1.29, 1.82) is 0 Å². The summed E-state index contributed by atoms with van der Waals surface area (Å²) in [6.45, 7) is 13.7. The van der Waals surface area contributed by atoms with Crippen LogP contribution in [0.3, 0.4) is 0 Å². The third-order valence-electron chi connectivity index (χ3n) is 13.0. The van der Waals surface area contributed by atoms with Gasteiger partial charge in [0.1, 0.15) is 18.2 Å². The maximum Gasteiger partial charge on any atom is 0.324 e. The molecule has 3 fully saturated rings. The van der Waals surface area contributed by atoms with Crippen LogP contribution >= 0.6 is 11.3 Å². The average Bonchev–Trinajstić information content (AvgIpc) is 3.62. The van der Waals surface area contributed by atoms with Gasteiger partial charge in [0.05, 0.1) is 40.6 Å². The van der Waals surface area contributed by atoms with Crippen LogP contribution < -0.4 is 15.6 Å². The first-order valence-electron chi connectivity index (χ1n) is 20.6. The molecule has 302 valence electrons. The van der Waals surface area contributed by atoms with Crippen molar-refractivity contribution in [1.82, 2.24) is 35.2 Å². The highest BCUT2D eigenvalue weighted by Gasteiger charge is 2.48. The number of likely N-dealkylation sites (N-methyl/N-ethyl adjacent to an activating group) is 1. The largest absolute Gasteiger partial charge is 0.464 e. The number of nitrogens with zero attached hydrogens (tertiary/aromatic N) is 6. The molecule has 6 heterocycles. The number of hydrazine groups is 1. The molecular formula is C43H54N8O5S. The normalized spacial score (nSPS) is 27.5. The minimum atomic E-state index is -0.825. The number of amides is 2. The average molecular weight is 795 g/mol. The number of benzene rings is 1. The number of piperazine rings is 1. The molecule has 1 aromatic carbocycles. The van der Waals surface area contributed by atoms with Gasteiger partial charge in [-0.3, -0.25) is 24.4 Å². The summed E-state index contributed by atoms with van der Waals surface area (Å²) in [5.74, 6) is -0.814. The molecular weight excluding hydrogens is 741 g/mol. The second-order valence-electron chi connectivity index (χ2n) is 17.4. The van der Waals surface area contributed by atoms with E-state index in [2.05, 4.69) is 84.1 Å². The molecule has 6 atom stereocenters. The van der Waals surface area contributed by atoms with E-state index in [4.69, 9.17) is 19.4 Å². The molecule has 14 heteroatoms. The van der Waals surface area contributed by atoms with Crippen LogP contribution in [0.1, 0.15) is 75.2 Å². The van der Waals surface area contributed by atoms with Crippen LogP contribution in [0.5, 0.6) is 0 Å². The van der Waals surface area contributed by atoms with E-state index in [0.29, 0.717) is 25.3 Å². The first-order chi connectivity index (χ1) is 27.4. The Hall–Kier alpha value is -4.37. The van der Waals surface area contributed by atoms with Crippen LogP contribution in [-0.2, 0) is 36.8 Å². The van der Waals surface area contributed by atoms with Gasteiger partial charge in [-0.15, -0.1) is 11.3 Å². The second-order valence-corrected chi connectivity index (χ2v) is 18.4. The number of nitrogens with one attached hydrogen (secondary N) is 2. The Morgan fingerprint density at radius 2 is 1.93 bits per heavy atom. The van der Waals surface area contributed by atoms with Gasteiger partial charge < -0.3 is 29.2 Å². The van der Waals surface area contributed by atoms with Gasteiger partial charge in [-0.1, -0.05) is 26.8 Å². The van der Waals surface area contributed by atoms with Gasteiger partial charge in [0.2, 0.25) is 5.91 Å². The quantitative estimate of drug-likeness (QED) is 0.262. The first-order valence-corrected chi connectivity index (χ1v) is 21.5. The molecule has 2 N–H and O–H groups in total. The van der Waals surface area contributed by atoms with Gasteiger partial charge in [-0.05, 0) is 62.9 Å². The number of cyclic esters (lactones) is 1. The summed E-state index contributed by atoms with van der Waals surface area (Å²) >= 11 is 1.49. The van der Waals surface area contributed by atoms with Crippen molar-refractivity contribution in [2.45, 2.75) is 84.0 Å². The molecule has 9 rings (SSSR count). The third kappa shape index (κ3) is 6.81. The predicted molar refractivity (Wildman–Crippen MR) is 220 cm³/mol. The summed E-state index contributed by atoms with van der Waals surface area (Å²) in [7, 11) is 3.92. The molecule has 57 heavy (non-hydrogen) atoms. The number of fused-ring (bicyclic) bond motifs is 8. The van der Waals surface area contributed by atoms with Crippen LogP contribution in [0.2, 0.25) is 0 Å². The Bertz CT molecular complexity index is 2230. The summed E-state index contributed by atoms with van der Waals surface area (Å²) in [5.41, 5.74) is 10.8. The fourth-order valence-corrected chi connectivity index (χ4v) is 10.4. The van der Waals surface area contributed by atoms with Gasteiger partial charge >= 0.3 is 5.97 Å². The van der Waals surface area contributed by atoms with Crippen LogP contribution in [0, 0.1) is 17.3 Å². The lowest BCUT2D eigenvalue weighted by Crippen LogP contribution is -2.60. The lowest BCUT2D eigenvalue weighted by atomic mass is 9.67. The number of ether oxygens (including phenoxy) is 2. The fraction of sp³-hybridized carbons (Fsp3) is 0.558. The third-order valence-corrected chi connectivity index (χ3v) is 13.9. The molecule has 3 aliphatic heterocycles. The van der Waals surface area contributed by atoms with E-state index in [1.807, 2.05) is 11.6 Å². The van der Waals surface area contributed by atoms with Gasteiger partial charge in [-0.2, -0.15) is 0 Å². The predicted octanol–water partition coefficient (Wildman–Crippen LogP) is 5.15. The number of methoxy groups -OCH3 is 1. The van der Waals surface area contributed by atoms with Crippen molar-refractivity contribution in [2.75, 3.05) is 58.4 Å². The van der Waals surface area contributed by atoms with Crippen LogP contribution in [0.25, 0.3) is 33.4 Å². The lowest BCUT2D eigenvalue weighted by molar-refractivity contribution is -0.156. The number of carbonyl (C=O) groups is 3. The highest BCUT2D eigenvalue weighted by Crippen LogP contribution is 2.57.